The molecule has 1 aliphatic carbocycles. The van der Waals surface area contributed by atoms with Crippen LogP contribution in [0.2, 0.25) is 0 Å². The van der Waals surface area contributed by atoms with E-state index in [2.05, 4.69) is 15.3 Å². The van der Waals surface area contributed by atoms with E-state index < -0.39 is 5.97 Å². The zero-order chi connectivity index (χ0) is 22.4. The molecule has 3 aromatic rings. The molecule has 1 saturated carbocycles. The van der Waals surface area contributed by atoms with E-state index in [0.717, 1.165) is 32.4 Å². The molecule has 164 valence electrons. The van der Waals surface area contributed by atoms with Gasteiger partial charge in [0.1, 0.15) is 5.75 Å². The van der Waals surface area contributed by atoms with Crippen molar-refractivity contribution in [1.82, 2.24) is 14.9 Å². The average molecular weight is 434 g/mol. The Hall–Kier alpha value is -3.88. The molecule has 3 N–H and O–H groups in total. The summed E-state index contributed by atoms with van der Waals surface area (Å²) in [5.74, 6) is -0.523. The van der Waals surface area contributed by atoms with E-state index in [-0.39, 0.29) is 29.1 Å². The number of aromatic amines is 1. The molecule has 0 spiro atoms. The fraction of sp³-hybridized carbons (Fsp3) is 0.304. The minimum absolute atomic E-state index is 0.0167. The molecular weight excluding hydrogens is 412 g/mol. The highest BCUT2D eigenvalue weighted by Gasteiger charge is 2.31. The van der Waals surface area contributed by atoms with Crippen molar-refractivity contribution in [2.45, 2.75) is 19.3 Å². The molecule has 1 aliphatic heterocycles. The first kappa shape index (κ1) is 20.0. The van der Waals surface area contributed by atoms with Crippen LogP contribution in [0.3, 0.4) is 0 Å². The Bertz CT molecular complexity index is 1260. The van der Waals surface area contributed by atoms with Crippen LogP contribution < -0.4 is 10.1 Å². The molecule has 0 radical (unpaired) electrons. The van der Waals surface area contributed by atoms with Crippen molar-refractivity contribution in [3.8, 4) is 17.0 Å². The molecule has 1 aromatic carbocycles. The summed E-state index contributed by atoms with van der Waals surface area (Å²) in [6.45, 7) is 1.51. The number of anilines is 1. The molecule has 5 rings (SSSR count). The number of methoxy groups -OCH3 is 1. The number of aromatic nitrogens is 2. The van der Waals surface area contributed by atoms with Crippen LogP contribution in [0.1, 0.15) is 40.0 Å². The first-order valence-corrected chi connectivity index (χ1v) is 10.5. The second kappa shape index (κ2) is 7.67. The molecule has 0 unspecified atom stereocenters. The van der Waals surface area contributed by atoms with Crippen LogP contribution in [0.25, 0.3) is 22.2 Å². The zero-order valence-electron chi connectivity index (χ0n) is 17.5. The smallest absolute Gasteiger partial charge is 0.337 e. The van der Waals surface area contributed by atoms with Gasteiger partial charge in [-0.3, -0.25) is 9.59 Å². The Labute approximate surface area is 183 Å². The molecular formula is C23H22N4O5. The Balaban J connectivity index is 1.57. The highest BCUT2D eigenvalue weighted by atomic mass is 16.5. The van der Waals surface area contributed by atoms with Gasteiger partial charge in [0.25, 0.3) is 5.91 Å². The van der Waals surface area contributed by atoms with Crippen molar-refractivity contribution in [3.05, 3.63) is 41.6 Å². The Morgan fingerprint density at radius 3 is 2.62 bits per heavy atom. The predicted molar refractivity (Wildman–Crippen MR) is 117 cm³/mol. The number of likely N-dealkylation sites (tertiary alicyclic amines) is 1. The normalized spacial score (nSPS) is 15.3. The minimum Gasteiger partial charge on any atom is -0.496 e. The van der Waals surface area contributed by atoms with Crippen LogP contribution in [0, 0.1) is 5.92 Å². The van der Waals surface area contributed by atoms with Crippen LogP contribution in [-0.4, -0.2) is 58.0 Å². The lowest BCUT2D eigenvalue weighted by Crippen LogP contribution is -2.42. The summed E-state index contributed by atoms with van der Waals surface area (Å²) in [7, 11) is 1.52. The number of ether oxygens (including phenoxy) is 1. The summed E-state index contributed by atoms with van der Waals surface area (Å²) in [5, 5.41) is 12.8. The van der Waals surface area contributed by atoms with E-state index in [1.807, 2.05) is 0 Å². The Morgan fingerprint density at radius 2 is 2.00 bits per heavy atom. The Morgan fingerprint density at radius 1 is 1.22 bits per heavy atom. The maximum Gasteiger partial charge on any atom is 0.337 e. The molecule has 9 heteroatoms. The van der Waals surface area contributed by atoms with E-state index in [1.54, 1.807) is 29.2 Å². The van der Waals surface area contributed by atoms with Gasteiger partial charge in [0.15, 0.2) is 5.82 Å². The summed E-state index contributed by atoms with van der Waals surface area (Å²) in [5.41, 5.74) is 2.25. The number of benzene rings is 1. The maximum absolute atomic E-state index is 12.6. The number of carbonyl (C=O) groups is 3. The van der Waals surface area contributed by atoms with Crippen LogP contribution in [-0.2, 0) is 4.79 Å². The predicted octanol–water partition coefficient (Wildman–Crippen LogP) is 3.13. The highest BCUT2D eigenvalue weighted by Crippen LogP contribution is 2.36. The van der Waals surface area contributed by atoms with Crippen molar-refractivity contribution in [2.24, 2.45) is 5.92 Å². The SMILES string of the molecule is COc1cc(C(=O)N2CCC2)ccc1-c1cc2c(C(=O)O)cnc(NC(=O)C3CC3)c2[nH]1. The quantitative estimate of drug-likeness (QED) is 0.547. The summed E-state index contributed by atoms with van der Waals surface area (Å²) in [4.78, 5) is 45.7. The van der Waals surface area contributed by atoms with Crippen molar-refractivity contribution in [2.75, 3.05) is 25.5 Å². The molecule has 2 amide bonds. The van der Waals surface area contributed by atoms with E-state index in [9.17, 15) is 19.5 Å². The topological polar surface area (TPSA) is 125 Å². The Kier molecular flexibility index (Phi) is 4.80. The molecule has 9 nitrogen and oxygen atoms in total. The lowest BCUT2D eigenvalue weighted by atomic mass is 10.0. The monoisotopic (exact) mass is 434 g/mol. The molecule has 32 heavy (non-hydrogen) atoms. The van der Waals surface area contributed by atoms with E-state index in [4.69, 9.17) is 4.74 Å². The van der Waals surface area contributed by atoms with Gasteiger partial charge < -0.3 is 25.0 Å². The van der Waals surface area contributed by atoms with Gasteiger partial charge in [0.2, 0.25) is 5.91 Å². The van der Waals surface area contributed by atoms with Crippen LogP contribution >= 0.6 is 0 Å². The largest absolute Gasteiger partial charge is 0.496 e. The second-order valence-corrected chi connectivity index (χ2v) is 8.12. The average Bonchev–Trinajstić information content (AvgIpc) is 3.50. The first-order chi connectivity index (χ1) is 15.5. The van der Waals surface area contributed by atoms with Crippen molar-refractivity contribution in [3.63, 3.8) is 0 Å². The number of carboxylic acids is 1. The summed E-state index contributed by atoms with van der Waals surface area (Å²) in [6.07, 6.45) is 3.95. The number of pyridine rings is 1. The van der Waals surface area contributed by atoms with Gasteiger partial charge in [-0.1, -0.05) is 0 Å². The highest BCUT2D eigenvalue weighted by molar-refractivity contribution is 6.09. The fourth-order valence-corrected chi connectivity index (χ4v) is 3.84. The summed E-state index contributed by atoms with van der Waals surface area (Å²) < 4.78 is 5.54. The number of nitrogens with zero attached hydrogens (tertiary/aromatic N) is 2. The van der Waals surface area contributed by atoms with Crippen LogP contribution in [0.15, 0.2) is 30.5 Å². The van der Waals surface area contributed by atoms with Crippen molar-refractivity contribution < 1.29 is 24.2 Å². The van der Waals surface area contributed by atoms with E-state index >= 15 is 0 Å². The first-order valence-electron chi connectivity index (χ1n) is 10.5. The number of rotatable bonds is 6. The van der Waals surface area contributed by atoms with E-state index in [1.165, 1.54) is 13.3 Å². The zero-order valence-corrected chi connectivity index (χ0v) is 17.5. The van der Waals surface area contributed by atoms with Crippen molar-refractivity contribution >= 4 is 34.5 Å². The minimum atomic E-state index is -1.12. The maximum atomic E-state index is 12.6. The number of amides is 2. The van der Waals surface area contributed by atoms with Crippen LogP contribution in [0.4, 0.5) is 5.82 Å². The third kappa shape index (κ3) is 3.45. The van der Waals surface area contributed by atoms with Gasteiger partial charge in [-0.2, -0.15) is 0 Å². The van der Waals surface area contributed by atoms with E-state index in [0.29, 0.717) is 33.5 Å². The number of hydrogen-bond donors (Lipinski definition) is 3. The summed E-state index contributed by atoms with van der Waals surface area (Å²) >= 11 is 0. The molecule has 0 bridgehead atoms. The lowest BCUT2D eigenvalue weighted by Gasteiger charge is -2.31. The molecule has 0 atom stereocenters. The number of fused-ring (bicyclic) bond motifs is 1. The number of carboxylic acid groups (broad SMARTS) is 1. The molecule has 3 heterocycles. The number of hydrogen-bond acceptors (Lipinski definition) is 5. The van der Waals surface area contributed by atoms with Gasteiger partial charge in [-0.05, 0) is 43.5 Å². The number of nitrogens with one attached hydrogen (secondary N) is 2. The van der Waals surface area contributed by atoms with Gasteiger partial charge >= 0.3 is 5.97 Å². The van der Waals surface area contributed by atoms with Gasteiger partial charge in [0, 0.05) is 41.7 Å². The van der Waals surface area contributed by atoms with Gasteiger partial charge in [-0.25, -0.2) is 9.78 Å². The van der Waals surface area contributed by atoms with Gasteiger partial charge in [-0.15, -0.1) is 0 Å². The molecule has 2 aromatic heterocycles. The number of aromatic carboxylic acids is 1. The number of carbonyl (C=O) groups excluding carboxylic acids is 2. The fourth-order valence-electron chi connectivity index (χ4n) is 3.84. The third-order valence-electron chi connectivity index (χ3n) is 5.97. The van der Waals surface area contributed by atoms with Crippen molar-refractivity contribution in [1.29, 1.82) is 0 Å². The molecule has 1 saturated heterocycles. The standard InChI is InChI=1S/C23H22N4O5/c1-32-18-9-13(22(29)27-7-2-8-27)5-6-14(18)17-10-15-16(23(30)31)11-24-20(19(15)25-17)26-21(28)12-3-4-12/h5-6,9-12,25H,2-4,7-8H2,1H3,(H,30,31)(H,24,26,28). The molecule has 2 aliphatic rings. The second-order valence-electron chi connectivity index (χ2n) is 8.12. The lowest BCUT2D eigenvalue weighted by molar-refractivity contribution is -0.117. The molecule has 2 fully saturated rings. The number of H-pyrrole nitrogens is 1. The summed E-state index contributed by atoms with van der Waals surface area (Å²) in [6, 6.07) is 6.89. The van der Waals surface area contributed by atoms with Gasteiger partial charge in [0.05, 0.1) is 23.9 Å². The van der Waals surface area contributed by atoms with Crippen LogP contribution in [0.5, 0.6) is 5.75 Å². The third-order valence-corrected chi connectivity index (χ3v) is 5.97.